The van der Waals surface area contributed by atoms with Crippen molar-refractivity contribution in [2.24, 2.45) is 5.92 Å². The molecule has 1 aromatic rings. The largest absolute Gasteiger partial charge is 0.343 e. The maximum atomic E-state index is 12.8. The minimum absolute atomic E-state index is 0.0176. The average molecular weight is 309 g/mol. The van der Waals surface area contributed by atoms with Gasteiger partial charge >= 0.3 is 0 Å². The Labute approximate surface area is 129 Å². The molecule has 2 heterocycles. The molecule has 2 atom stereocenters. The molecule has 2 amide bonds. The van der Waals surface area contributed by atoms with Gasteiger partial charge in [0, 0.05) is 11.6 Å². The normalized spacial score (nSPS) is 23.6. The van der Waals surface area contributed by atoms with Crippen molar-refractivity contribution < 1.29 is 9.59 Å². The molecule has 5 nitrogen and oxygen atoms in total. The topological polar surface area (TPSA) is 62.3 Å². The van der Waals surface area contributed by atoms with Gasteiger partial charge in [-0.15, -0.1) is 11.3 Å². The summed E-state index contributed by atoms with van der Waals surface area (Å²) in [4.78, 5) is 31.4. The van der Waals surface area contributed by atoms with Crippen LogP contribution in [0.3, 0.4) is 0 Å². The predicted octanol–water partition coefficient (Wildman–Crippen LogP) is 2.14. The van der Waals surface area contributed by atoms with Crippen LogP contribution in [0.2, 0.25) is 0 Å². The molecule has 21 heavy (non-hydrogen) atoms. The second-order valence-corrected chi connectivity index (χ2v) is 7.16. The number of amides is 2. The number of nitrogens with one attached hydrogen (secondary N) is 1. The molecule has 1 aliphatic rings. The van der Waals surface area contributed by atoms with E-state index in [1.165, 1.54) is 11.3 Å². The number of piperazine rings is 1. The molecule has 1 N–H and O–H groups in total. The molecule has 6 heteroatoms. The van der Waals surface area contributed by atoms with Gasteiger partial charge in [-0.1, -0.05) is 20.8 Å². The van der Waals surface area contributed by atoms with Crippen LogP contribution >= 0.6 is 11.3 Å². The van der Waals surface area contributed by atoms with Crippen LogP contribution in [0.1, 0.15) is 46.0 Å². The Morgan fingerprint density at radius 2 is 2.10 bits per heavy atom. The maximum Gasteiger partial charge on any atom is 0.246 e. The average Bonchev–Trinajstić information content (AvgIpc) is 2.94. The summed E-state index contributed by atoms with van der Waals surface area (Å²) in [5, 5.41) is 5.60. The second-order valence-electron chi connectivity index (χ2n) is 6.26. The van der Waals surface area contributed by atoms with Crippen molar-refractivity contribution in [3.05, 3.63) is 16.6 Å². The van der Waals surface area contributed by atoms with E-state index in [2.05, 4.69) is 10.3 Å². The summed E-state index contributed by atoms with van der Waals surface area (Å²) >= 11 is 1.51. The molecule has 0 aliphatic carbocycles. The first-order valence-corrected chi connectivity index (χ1v) is 8.22. The zero-order valence-electron chi connectivity index (χ0n) is 13.2. The highest BCUT2D eigenvalue weighted by atomic mass is 32.1. The number of carbonyl (C=O) groups excluding carboxylic acids is 2. The Bertz CT molecular complexity index is 525. The van der Waals surface area contributed by atoms with Crippen molar-refractivity contribution in [1.82, 2.24) is 15.2 Å². The van der Waals surface area contributed by atoms with Crippen molar-refractivity contribution in [3.63, 3.8) is 0 Å². The van der Waals surface area contributed by atoms with E-state index in [4.69, 9.17) is 0 Å². The molecular formula is C15H23N3O2S. The van der Waals surface area contributed by atoms with Crippen LogP contribution in [-0.2, 0) is 15.1 Å². The number of rotatable bonds is 4. The highest BCUT2D eigenvalue weighted by molar-refractivity contribution is 7.09. The molecule has 1 fully saturated rings. The van der Waals surface area contributed by atoms with Crippen molar-refractivity contribution in [2.75, 3.05) is 0 Å². The van der Waals surface area contributed by atoms with Gasteiger partial charge in [0.2, 0.25) is 11.8 Å². The van der Waals surface area contributed by atoms with E-state index in [0.29, 0.717) is 6.42 Å². The van der Waals surface area contributed by atoms with E-state index in [-0.39, 0.29) is 17.7 Å². The predicted molar refractivity (Wildman–Crippen MR) is 82.8 cm³/mol. The zero-order chi connectivity index (χ0) is 15.8. The van der Waals surface area contributed by atoms with Crippen molar-refractivity contribution in [3.8, 4) is 0 Å². The Hall–Kier alpha value is -1.43. The Balaban J connectivity index is 2.48. The molecule has 1 aliphatic heterocycles. The number of hydrogen-bond acceptors (Lipinski definition) is 4. The van der Waals surface area contributed by atoms with Gasteiger partial charge in [0.05, 0.1) is 5.54 Å². The third kappa shape index (κ3) is 2.69. The Kier molecular flexibility index (Phi) is 4.37. The molecule has 2 rings (SSSR count). The lowest BCUT2D eigenvalue weighted by Crippen LogP contribution is -2.68. The van der Waals surface area contributed by atoms with Gasteiger partial charge in [-0.05, 0) is 26.2 Å². The van der Waals surface area contributed by atoms with Crippen LogP contribution in [0.4, 0.5) is 0 Å². The molecule has 0 aromatic carbocycles. The van der Waals surface area contributed by atoms with Gasteiger partial charge in [-0.25, -0.2) is 4.98 Å². The van der Waals surface area contributed by atoms with E-state index in [1.54, 1.807) is 11.1 Å². The smallest absolute Gasteiger partial charge is 0.246 e. The summed E-state index contributed by atoms with van der Waals surface area (Å²) in [6.45, 7) is 9.77. The molecule has 0 radical (unpaired) electrons. The zero-order valence-corrected chi connectivity index (χ0v) is 14.0. The third-order valence-corrected chi connectivity index (χ3v) is 5.08. The first-order chi connectivity index (χ1) is 9.80. The standard InChI is InChI=1S/C15H23N3O2S/c1-6-10-13(20)18(11(9(2)3)12(19)17-10)15(4,5)14-16-7-8-21-14/h7-11H,6H2,1-5H3,(H,17,19). The number of aromatic nitrogens is 1. The molecule has 0 bridgehead atoms. The maximum absolute atomic E-state index is 12.8. The quantitative estimate of drug-likeness (QED) is 0.927. The summed E-state index contributed by atoms with van der Waals surface area (Å²) in [6, 6.07) is -0.897. The van der Waals surface area contributed by atoms with E-state index in [0.717, 1.165) is 5.01 Å². The summed E-state index contributed by atoms with van der Waals surface area (Å²) in [7, 11) is 0. The van der Waals surface area contributed by atoms with Gasteiger partial charge in [0.1, 0.15) is 17.1 Å². The Morgan fingerprint density at radius 3 is 2.57 bits per heavy atom. The minimum atomic E-state index is -0.592. The van der Waals surface area contributed by atoms with Gasteiger partial charge < -0.3 is 10.2 Å². The molecule has 1 aromatic heterocycles. The van der Waals surface area contributed by atoms with Gasteiger partial charge in [0.25, 0.3) is 0 Å². The van der Waals surface area contributed by atoms with E-state index in [1.807, 2.05) is 40.0 Å². The fraction of sp³-hybridized carbons (Fsp3) is 0.667. The number of hydrogen-bond donors (Lipinski definition) is 1. The van der Waals surface area contributed by atoms with Crippen molar-refractivity contribution in [2.45, 2.75) is 58.7 Å². The first-order valence-electron chi connectivity index (χ1n) is 7.34. The fourth-order valence-electron chi connectivity index (χ4n) is 2.87. The number of thiazole rings is 1. The third-order valence-electron chi connectivity index (χ3n) is 4.00. The van der Waals surface area contributed by atoms with Crippen LogP contribution in [0.15, 0.2) is 11.6 Å². The van der Waals surface area contributed by atoms with Crippen LogP contribution in [0, 0.1) is 5.92 Å². The van der Waals surface area contributed by atoms with E-state index >= 15 is 0 Å². The lowest BCUT2D eigenvalue weighted by atomic mass is 9.90. The molecule has 116 valence electrons. The number of carbonyl (C=O) groups is 2. The SMILES string of the molecule is CCC1NC(=O)C(C(C)C)N(C(C)(C)c2nccs2)C1=O. The highest BCUT2D eigenvalue weighted by Crippen LogP contribution is 2.35. The van der Waals surface area contributed by atoms with Crippen molar-refractivity contribution in [1.29, 1.82) is 0 Å². The lowest BCUT2D eigenvalue weighted by Gasteiger charge is -2.48. The van der Waals surface area contributed by atoms with E-state index < -0.39 is 17.6 Å². The molecule has 1 saturated heterocycles. The summed E-state index contributed by atoms with van der Waals surface area (Å²) in [5.74, 6) is -0.0388. The van der Waals surface area contributed by atoms with Crippen LogP contribution in [0.25, 0.3) is 0 Å². The van der Waals surface area contributed by atoms with Gasteiger partial charge in [-0.3, -0.25) is 9.59 Å². The second kappa shape index (κ2) is 5.75. The lowest BCUT2D eigenvalue weighted by molar-refractivity contribution is -0.158. The molecule has 2 unspecified atom stereocenters. The van der Waals surface area contributed by atoms with Crippen LogP contribution < -0.4 is 5.32 Å². The summed E-state index contributed by atoms with van der Waals surface area (Å²) in [6.07, 6.45) is 2.33. The van der Waals surface area contributed by atoms with Crippen LogP contribution in [-0.4, -0.2) is 33.8 Å². The van der Waals surface area contributed by atoms with Gasteiger partial charge in [0.15, 0.2) is 0 Å². The molecular weight excluding hydrogens is 286 g/mol. The van der Waals surface area contributed by atoms with Crippen LogP contribution in [0.5, 0.6) is 0 Å². The number of nitrogens with zero attached hydrogens (tertiary/aromatic N) is 2. The highest BCUT2D eigenvalue weighted by Gasteiger charge is 2.48. The first kappa shape index (κ1) is 15.9. The van der Waals surface area contributed by atoms with Crippen molar-refractivity contribution >= 4 is 23.2 Å². The molecule has 0 spiro atoms. The monoisotopic (exact) mass is 309 g/mol. The fourth-order valence-corrected chi connectivity index (χ4v) is 3.63. The minimum Gasteiger partial charge on any atom is -0.343 e. The molecule has 0 saturated carbocycles. The summed E-state index contributed by atoms with van der Waals surface area (Å²) < 4.78 is 0. The van der Waals surface area contributed by atoms with E-state index in [9.17, 15) is 9.59 Å². The van der Waals surface area contributed by atoms with Gasteiger partial charge in [-0.2, -0.15) is 0 Å². The summed E-state index contributed by atoms with van der Waals surface area (Å²) in [5.41, 5.74) is -0.592. The Morgan fingerprint density at radius 1 is 1.43 bits per heavy atom.